The molecule has 0 aromatic heterocycles. The summed E-state index contributed by atoms with van der Waals surface area (Å²) >= 11 is 0. The van der Waals surface area contributed by atoms with Gasteiger partial charge < -0.3 is 4.90 Å². The second-order valence-electron chi connectivity index (χ2n) is 8.44. The first-order chi connectivity index (χ1) is 13.6. The molecule has 5 rings (SSSR count). The molecule has 0 radical (unpaired) electrons. The van der Waals surface area contributed by atoms with Crippen LogP contribution >= 0.6 is 0 Å². The van der Waals surface area contributed by atoms with Crippen molar-refractivity contribution < 1.29 is 14.4 Å². The van der Waals surface area contributed by atoms with Gasteiger partial charge in [-0.25, -0.2) is 0 Å². The van der Waals surface area contributed by atoms with Crippen molar-refractivity contribution >= 4 is 17.6 Å². The van der Waals surface area contributed by atoms with Gasteiger partial charge in [-0.3, -0.25) is 19.3 Å². The number of hydrogen-bond acceptors (Lipinski definition) is 4. The number of rotatable bonds is 4. The van der Waals surface area contributed by atoms with E-state index >= 15 is 0 Å². The van der Waals surface area contributed by atoms with Crippen LogP contribution in [0.15, 0.2) is 48.1 Å². The summed E-state index contributed by atoms with van der Waals surface area (Å²) in [5.41, 5.74) is 2.36. The molecule has 2 amide bonds. The first kappa shape index (κ1) is 17.6. The van der Waals surface area contributed by atoms with E-state index < -0.39 is 0 Å². The predicted octanol–water partition coefficient (Wildman–Crippen LogP) is 2.70. The minimum atomic E-state index is -0.170. The fourth-order valence-electron chi connectivity index (χ4n) is 5.45. The van der Waals surface area contributed by atoms with Gasteiger partial charge in [0.25, 0.3) is 11.8 Å². The van der Waals surface area contributed by atoms with Gasteiger partial charge in [-0.1, -0.05) is 29.9 Å². The monoisotopic (exact) mass is 376 g/mol. The zero-order chi connectivity index (χ0) is 19.3. The van der Waals surface area contributed by atoms with E-state index in [9.17, 15) is 14.4 Å². The Morgan fingerprint density at radius 1 is 0.929 bits per heavy atom. The molecule has 0 spiro atoms. The quantitative estimate of drug-likeness (QED) is 0.758. The second-order valence-corrected chi connectivity index (χ2v) is 8.44. The molecule has 1 saturated carbocycles. The number of amides is 2. The molecule has 28 heavy (non-hydrogen) atoms. The SMILES string of the molecule is O=C1C=CC=C2[C@H]3C[C@@H](C[C@@H]12)CN(CCCN1C(=O)c2ccccc2C1=O)C3. The van der Waals surface area contributed by atoms with Crippen molar-refractivity contribution in [3.8, 4) is 0 Å². The lowest BCUT2D eigenvalue weighted by Crippen LogP contribution is -2.47. The van der Waals surface area contributed by atoms with Gasteiger partial charge in [0.1, 0.15) is 0 Å². The summed E-state index contributed by atoms with van der Waals surface area (Å²) in [5.74, 6) is 1.06. The maximum Gasteiger partial charge on any atom is 0.261 e. The summed E-state index contributed by atoms with van der Waals surface area (Å²) in [5, 5.41) is 0. The van der Waals surface area contributed by atoms with Gasteiger partial charge in [-0.05, 0) is 55.9 Å². The molecule has 2 aliphatic heterocycles. The molecule has 1 aromatic rings. The molecular weight excluding hydrogens is 352 g/mol. The summed E-state index contributed by atoms with van der Waals surface area (Å²) in [4.78, 5) is 41.0. The number of fused-ring (bicyclic) bond motifs is 5. The summed E-state index contributed by atoms with van der Waals surface area (Å²) in [6.07, 6.45) is 8.69. The first-order valence-corrected chi connectivity index (χ1v) is 10.2. The molecule has 0 unspecified atom stereocenters. The third kappa shape index (κ3) is 2.85. The number of allylic oxidation sites excluding steroid dienone is 3. The fraction of sp³-hybridized carbons (Fsp3) is 0.435. The smallest absolute Gasteiger partial charge is 0.261 e. The van der Waals surface area contributed by atoms with Crippen molar-refractivity contribution in [1.82, 2.24) is 9.80 Å². The van der Waals surface area contributed by atoms with Crippen LogP contribution in [0.4, 0.5) is 0 Å². The van der Waals surface area contributed by atoms with Crippen molar-refractivity contribution in [2.45, 2.75) is 19.3 Å². The van der Waals surface area contributed by atoms with Crippen LogP contribution in [0.25, 0.3) is 0 Å². The van der Waals surface area contributed by atoms with Gasteiger partial charge in [0.15, 0.2) is 5.78 Å². The summed E-state index contributed by atoms with van der Waals surface area (Å²) in [6, 6.07) is 7.05. The molecular formula is C23H24N2O3. The van der Waals surface area contributed by atoms with E-state index in [-0.39, 0.29) is 23.5 Å². The van der Waals surface area contributed by atoms with E-state index in [2.05, 4.69) is 11.0 Å². The zero-order valence-corrected chi connectivity index (χ0v) is 15.8. The van der Waals surface area contributed by atoms with Gasteiger partial charge in [0, 0.05) is 25.6 Å². The molecule has 5 heteroatoms. The molecule has 1 aromatic carbocycles. The Bertz CT molecular complexity index is 881. The van der Waals surface area contributed by atoms with E-state index in [0.717, 1.165) is 32.5 Å². The number of nitrogens with zero attached hydrogens (tertiary/aromatic N) is 2. The van der Waals surface area contributed by atoms with Crippen LogP contribution in [-0.2, 0) is 4.79 Å². The number of benzene rings is 1. The van der Waals surface area contributed by atoms with E-state index in [4.69, 9.17) is 0 Å². The second kappa shape index (κ2) is 6.82. The van der Waals surface area contributed by atoms with Gasteiger partial charge >= 0.3 is 0 Å². The van der Waals surface area contributed by atoms with Crippen LogP contribution in [0.3, 0.4) is 0 Å². The number of imide groups is 1. The van der Waals surface area contributed by atoms with Gasteiger partial charge in [0.05, 0.1) is 11.1 Å². The average molecular weight is 376 g/mol. The van der Waals surface area contributed by atoms with E-state index in [1.807, 2.05) is 6.08 Å². The Labute approximate surface area is 164 Å². The summed E-state index contributed by atoms with van der Waals surface area (Å²) in [7, 11) is 0. The van der Waals surface area contributed by atoms with E-state index in [1.54, 1.807) is 30.3 Å². The summed E-state index contributed by atoms with van der Waals surface area (Å²) < 4.78 is 0. The zero-order valence-electron chi connectivity index (χ0n) is 15.8. The van der Waals surface area contributed by atoms with Crippen LogP contribution in [-0.4, -0.2) is 53.6 Å². The van der Waals surface area contributed by atoms with Crippen molar-refractivity contribution in [2.75, 3.05) is 26.2 Å². The summed E-state index contributed by atoms with van der Waals surface area (Å²) in [6.45, 7) is 3.33. The Morgan fingerprint density at radius 3 is 2.43 bits per heavy atom. The van der Waals surface area contributed by atoms with Crippen LogP contribution in [0.5, 0.6) is 0 Å². The van der Waals surface area contributed by atoms with E-state index in [1.165, 1.54) is 16.9 Å². The molecule has 1 saturated heterocycles. The highest BCUT2D eigenvalue weighted by atomic mass is 16.2. The topological polar surface area (TPSA) is 57.7 Å². The largest absolute Gasteiger partial charge is 0.302 e. The predicted molar refractivity (Wildman–Crippen MR) is 105 cm³/mol. The lowest BCUT2D eigenvalue weighted by molar-refractivity contribution is -0.119. The molecule has 2 heterocycles. The highest BCUT2D eigenvalue weighted by Crippen LogP contribution is 2.43. The van der Waals surface area contributed by atoms with E-state index in [0.29, 0.717) is 29.5 Å². The number of piperidine rings is 1. The highest BCUT2D eigenvalue weighted by Gasteiger charge is 2.41. The lowest BCUT2D eigenvalue weighted by atomic mass is 9.66. The third-order valence-electron chi connectivity index (χ3n) is 6.68. The standard InChI is InChI=1S/C23H24N2O3/c26-21-8-3-7-17-16-11-15(12-20(17)21)13-24(14-16)9-4-10-25-22(27)18-5-1-2-6-19(18)23(25)28/h1-3,5-8,15-16,20H,4,9-14H2/t15-,16-,20+/m0/s1. The maximum absolute atomic E-state index is 12.5. The minimum Gasteiger partial charge on any atom is -0.302 e. The Balaban J connectivity index is 1.20. The van der Waals surface area contributed by atoms with Crippen molar-refractivity contribution in [3.05, 3.63) is 59.2 Å². The molecule has 3 atom stereocenters. The number of carbonyl (C=O) groups excluding carboxylic acids is 3. The van der Waals surface area contributed by atoms with Crippen molar-refractivity contribution in [2.24, 2.45) is 17.8 Å². The van der Waals surface area contributed by atoms with Gasteiger partial charge in [-0.2, -0.15) is 0 Å². The van der Waals surface area contributed by atoms with Gasteiger partial charge in [-0.15, -0.1) is 0 Å². The maximum atomic E-state index is 12.5. The normalized spacial score (nSPS) is 29.0. The Morgan fingerprint density at radius 2 is 1.68 bits per heavy atom. The molecule has 5 nitrogen and oxygen atoms in total. The minimum absolute atomic E-state index is 0.106. The van der Waals surface area contributed by atoms with Crippen molar-refractivity contribution in [1.29, 1.82) is 0 Å². The number of carbonyl (C=O) groups is 3. The Hall–Kier alpha value is -2.53. The molecule has 4 aliphatic rings. The van der Waals surface area contributed by atoms with Crippen LogP contribution in [0.2, 0.25) is 0 Å². The molecule has 2 fully saturated rings. The molecule has 2 aliphatic carbocycles. The Kier molecular flexibility index (Phi) is 4.27. The van der Waals surface area contributed by atoms with Crippen LogP contribution in [0, 0.1) is 17.8 Å². The van der Waals surface area contributed by atoms with Gasteiger partial charge in [0.2, 0.25) is 0 Å². The van der Waals surface area contributed by atoms with Crippen molar-refractivity contribution in [3.63, 3.8) is 0 Å². The highest BCUT2D eigenvalue weighted by molar-refractivity contribution is 6.21. The van der Waals surface area contributed by atoms with Crippen LogP contribution < -0.4 is 0 Å². The lowest BCUT2D eigenvalue weighted by Gasteiger charge is -2.46. The first-order valence-electron chi connectivity index (χ1n) is 10.2. The molecule has 144 valence electrons. The number of likely N-dealkylation sites (tertiary alicyclic amines) is 1. The third-order valence-corrected chi connectivity index (χ3v) is 6.68. The number of ketones is 1. The average Bonchev–Trinajstić information content (AvgIpc) is 2.94. The van der Waals surface area contributed by atoms with Crippen LogP contribution in [0.1, 0.15) is 40.0 Å². The molecule has 2 bridgehead atoms. The fourth-order valence-corrected chi connectivity index (χ4v) is 5.45. The number of hydrogen-bond donors (Lipinski definition) is 0. The molecule has 0 N–H and O–H groups in total.